The Morgan fingerprint density at radius 3 is 0.690 bits per heavy atom. The second-order valence-corrected chi connectivity index (χ2v) is 7.81. The second kappa shape index (κ2) is 42.6. The number of rotatable bonds is 20. The van der Waals surface area contributed by atoms with Crippen molar-refractivity contribution in [2.75, 3.05) is 13.2 Å². The standard InChI is InChI=1S/2C12H26O.2H2O.Ti/c2*1-2-3-4-5-6-7-8-9-10-11-12-13;;;/h2*13H,2-12H2,1H3;2*1H2;. The molecule has 0 saturated heterocycles. The third-order valence-electron chi connectivity index (χ3n) is 5.02. The monoisotopic (exact) mass is 456 g/mol. The van der Waals surface area contributed by atoms with Crippen LogP contribution in [0.5, 0.6) is 0 Å². The predicted molar refractivity (Wildman–Crippen MR) is 125 cm³/mol. The van der Waals surface area contributed by atoms with Gasteiger partial charge in [-0.15, -0.1) is 0 Å². The fourth-order valence-corrected chi connectivity index (χ4v) is 3.20. The zero-order chi connectivity index (χ0) is 19.6. The molecule has 0 aromatic carbocycles. The summed E-state index contributed by atoms with van der Waals surface area (Å²) in [5.41, 5.74) is 0. The van der Waals surface area contributed by atoms with Crippen molar-refractivity contribution in [3.8, 4) is 0 Å². The summed E-state index contributed by atoms with van der Waals surface area (Å²) in [7, 11) is 0. The molecule has 4 nitrogen and oxygen atoms in total. The van der Waals surface area contributed by atoms with Crippen LogP contribution in [0.15, 0.2) is 0 Å². The van der Waals surface area contributed by atoms with Gasteiger partial charge in [-0.25, -0.2) is 0 Å². The fourth-order valence-electron chi connectivity index (χ4n) is 3.20. The molecule has 0 aliphatic heterocycles. The van der Waals surface area contributed by atoms with Crippen LogP contribution in [0.2, 0.25) is 0 Å². The molecule has 0 radical (unpaired) electrons. The number of unbranched alkanes of at least 4 members (excludes halogenated alkanes) is 18. The van der Waals surface area contributed by atoms with E-state index in [1.807, 2.05) is 0 Å². The second-order valence-electron chi connectivity index (χ2n) is 7.81. The first-order valence-corrected chi connectivity index (χ1v) is 12.0. The predicted octanol–water partition coefficient (Wildman–Crippen LogP) is 6.15. The molecule has 29 heavy (non-hydrogen) atoms. The van der Waals surface area contributed by atoms with Crippen LogP contribution in [0, 0.1) is 0 Å². The smallest absolute Gasteiger partial charge is 0.0431 e. The molecular weight excluding hydrogens is 400 g/mol. The van der Waals surface area contributed by atoms with E-state index in [2.05, 4.69) is 13.8 Å². The third kappa shape index (κ3) is 47.7. The first-order chi connectivity index (χ1) is 12.8. The van der Waals surface area contributed by atoms with Gasteiger partial charge >= 0.3 is 0 Å². The number of aliphatic hydroxyl groups is 2. The number of hydrogen-bond donors (Lipinski definition) is 2. The Morgan fingerprint density at radius 2 is 0.517 bits per heavy atom. The summed E-state index contributed by atoms with van der Waals surface area (Å²) in [5.74, 6) is 0. The molecule has 0 aromatic rings. The molecule has 0 rings (SSSR count). The van der Waals surface area contributed by atoms with E-state index in [9.17, 15) is 0 Å². The van der Waals surface area contributed by atoms with Crippen molar-refractivity contribution < 1.29 is 42.9 Å². The van der Waals surface area contributed by atoms with Gasteiger partial charge in [0.1, 0.15) is 0 Å². The van der Waals surface area contributed by atoms with Gasteiger partial charge in [-0.3, -0.25) is 0 Å². The molecule has 0 aliphatic rings. The molecule has 0 spiro atoms. The van der Waals surface area contributed by atoms with Gasteiger partial charge in [0.15, 0.2) is 0 Å². The van der Waals surface area contributed by atoms with Gasteiger partial charge in [-0.2, -0.15) is 0 Å². The minimum absolute atomic E-state index is 0. The van der Waals surface area contributed by atoms with Crippen molar-refractivity contribution in [2.45, 2.75) is 142 Å². The Balaban J connectivity index is -0.000000120. The van der Waals surface area contributed by atoms with Crippen LogP contribution in [0.1, 0.15) is 142 Å². The van der Waals surface area contributed by atoms with Gasteiger partial charge in [-0.05, 0) is 12.8 Å². The van der Waals surface area contributed by atoms with Crippen LogP contribution in [0.3, 0.4) is 0 Å². The van der Waals surface area contributed by atoms with Gasteiger partial charge in [0, 0.05) is 34.9 Å². The topological polar surface area (TPSA) is 103 Å². The zero-order valence-electron chi connectivity index (χ0n) is 20.0. The maximum atomic E-state index is 8.57. The average molecular weight is 457 g/mol. The van der Waals surface area contributed by atoms with E-state index >= 15 is 0 Å². The largest absolute Gasteiger partial charge is 0.412 e. The number of aliphatic hydroxyl groups excluding tert-OH is 2. The molecular formula is C24H56O4Ti. The normalized spacial score (nSPS) is 9.52. The van der Waals surface area contributed by atoms with Crippen molar-refractivity contribution in [3.05, 3.63) is 0 Å². The Bertz CT molecular complexity index is 177. The minimum atomic E-state index is 0. The Morgan fingerprint density at radius 1 is 0.345 bits per heavy atom. The average Bonchev–Trinajstić information content (AvgIpc) is 2.66. The Hall–Kier alpha value is 0.554. The van der Waals surface area contributed by atoms with Gasteiger partial charge in [0.25, 0.3) is 0 Å². The van der Waals surface area contributed by atoms with Crippen LogP contribution in [0.4, 0.5) is 0 Å². The molecule has 180 valence electrons. The molecule has 6 N–H and O–H groups in total. The minimum Gasteiger partial charge on any atom is -0.412 e. The molecule has 0 heterocycles. The summed E-state index contributed by atoms with van der Waals surface area (Å²) in [6.07, 6.45) is 26.6. The van der Waals surface area contributed by atoms with Gasteiger partial charge in [0.05, 0.1) is 0 Å². The zero-order valence-corrected chi connectivity index (χ0v) is 21.5. The molecule has 0 atom stereocenters. The van der Waals surface area contributed by atoms with E-state index in [-0.39, 0.29) is 32.7 Å². The first-order valence-electron chi connectivity index (χ1n) is 12.0. The van der Waals surface area contributed by atoms with E-state index in [0.29, 0.717) is 13.2 Å². The molecule has 0 bridgehead atoms. The van der Waals surface area contributed by atoms with Crippen molar-refractivity contribution in [1.29, 1.82) is 0 Å². The Labute approximate surface area is 198 Å². The third-order valence-corrected chi connectivity index (χ3v) is 5.02. The summed E-state index contributed by atoms with van der Waals surface area (Å²) >= 11 is 0. The summed E-state index contributed by atoms with van der Waals surface area (Å²) in [6.45, 7) is 5.26. The van der Waals surface area contributed by atoms with Crippen molar-refractivity contribution >= 4 is 0 Å². The molecule has 0 aromatic heterocycles. The van der Waals surface area contributed by atoms with Crippen LogP contribution >= 0.6 is 0 Å². The molecule has 5 heteroatoms. The molecule has 0 saturated carbocycles. The summed E-state index contributed by atoms with van der Waals surface area (Å²) in [4.78, 5) is 0. The van der Waals surface area contributed by atoms with Crippen molar-refractivity contribution in [3.63, 3.8) is 0 Å². The fraction of sp³-hybridized carbons (Fsp3) is 1.00. The van der Waals surface area contributed by atoms with Crippen LogP contribution in [0.25, 0.3) is 0 Å². The molecule has 0 amide bonds. The molecule has 0 fully saturated rings. The van der Waals surface area contributed by atoms with E-state index in [1.165, 1.54) is 116 Å². The quantitative estimate of drug-likeness (QED) is 0.169. The van der Waals surface area contributed by atoms with E-state index in [4.69, 9.17) is 10.2 Å². The van der Waals surface area contributed by atoms with Gasteiger partial charge < -0.3 is 21.2 Å². The summed E-state index contributed by atoms with van der Waals surface area (Å²) < 4.78 is 0. The summed E-state index contributed by atoms with van der Waals surface area (Å²) in [5, 5.41) is 17.1. The van der Waals surface area contributed by atoms with Crippen molar-refractivity contribution in [2.24, 2.45) is 0 Å². The van der Waals surface area contributed by atoms with E-state index in [1.54, 1.807) is 0 Å². The Kier molecular flexibility index (Phi) is 58.7. The SMILES string of the molecule is CCCCCCCCCCCCO.CCCCCCCCCCCCO.O.O.[Ti]. The first kappa shape index (κ1) is 40.0. The number of hydrogen-bond acceptors (Lipinski definition) is 2. The molecule has 0 unspecified atom stereocenters. The van der Waals surface area contributed by atoms with E-state index < -0.39 is 0 Å². The van der Waals surface area contributed by atoms with Crippen LogP contribution in [-0.4, -0.2) is 34.4 Å². The van der Waals surface area contributed by atoms with Crippen LogP contribution in [-0.2, 0) is 21.7 Å². The summed E-state index contributed by atoms with van der Waals surface area (Å²) in [6, 6.07) is 0. The maximum Gasteiger partial charge on any atom is 0.0431 e. The van der Waals surface area contributed by atoms with E-state index in [0.717, 1.165) is 12.8 Å². The molecule has 0 aliphatic carbocycles. The van der Waals surface area contributed by atoms with Crippen molar-refractivity contribution in [1.82, 2.24) is 0 Å². The maximum absolute atomic E-state index is 8.57. The van der Waals surface area contributed by atoms with Gasteiger partial charge in [-0.1, -0.05) is 129 Å². The van der Waals surface area contributed by atoms with Gasteiger partial charge in [0.2, 0.25) is 0 Å². The van der Waals surface area contributed by atoms with Crippen LogP contribution < -0.4 is 0 Å².